The first-order valence-corrected chi connectivity index (χ1v) is 6.07. The Morgan fingerprint density at radius 2 is 2.18 bits per heavy atom. The monoisotopic (exact) mass is 235 g/mol. The summed E-state index contributed by atoms with van der Waals surface area (Å²) >= 11 is 0. The molecule has 1 unspecified atom stereocenters. The summed E-state index contributed by atoms with van der Waals surface area (Å²) in [7, 11) is 0. The molecule has 0 aliphatic rings. The summed E-state index contributed by atoms with van der Waals surface area (Å²) in [5, 5.41) is 0. The average molecular weight is 235 g/mol. The van der Waals surface area contributed by atoms with Crippen molar-refractivity contribution in [3.63, 3.8) is 0 Å². The van der Waals surface area contributed by atoms with Crippen LogP contribution in [-0.2, 0) is 4.74 Å². The lowest BCUT2D eigenvalue weighted by atomic mass is 10.1. The molecular formula is C14H21NO2. The van der Waals surface area contributed by atoms with E-state index in [-0.39, 0.29) is 5.97 Å². The highest BCUT2D eigenvalue weighted by Crippen LogP contribution is 2.14. The summed E-state index contributed by atoms with van der Waals surface area (Å²) in [6.45, 7) is 6.56. The van der Waals surface area contributed by atoms with Gasteiger partial charge in [0.25, 0.3) is 0 Å². The molecule has 0 spiro atoms. The van der Waals surface area contributed by atoms with Gasteiger partial charge in [-0.15, -0.1) is 0 Å². The van der Waals surface area contributed by atoms with Crippen LogP contribution in [0.4, 0.5) is 5.69 Å². The van der Waals surface area contributed by atoms with Gasteiger partial charge in [0.1, 0.15) is 0 Å². The molecule has 3 nitrogen and oxygen atoms in total. The second-order valence-electron chi connectivity index (χ2n) is 4.57. The number of esters is 1. The maximum Gasteiger partial charge on any atom is 0.338 e. The van der Waals surface area contributed by atoms with Crippen LogP contribution in [0.2, 0.25) is 0 Å². The molecule has 1 atom stereocenters. The maximum atomic E-state index is 11.8. The van der Waals surface area contributed by atoms with Gasteiger partial charge in [0.2, 0.25) is 0 Å². The summed E-state index contributed by atoms with van der Waals surface area (Å²) in [5.74, 6) is 0.156. The molecule has 1 rings (SSSR count). The van der Waals surface area contributed by atoms with E-state index in [0.717, 1.165) is 18.4 Å². The predicted octanol–water partition coefficient (Wildman–Crippen LogP) is 3.17. The molecule has 3 heteroatoms. The fraction of sp³-hybridized carbons (Fsp3) is 0.500. The Morgan fingerprint density at radius 3 is 2.76 bits per heavy atom. The molecule has 0 heterocycles. The quantitative estimate of drug-likeness (QED) is 0.630. The van der Waals surface area contributed by atoms with Crippen LogP contribution < -0.4 is 5.73 Å². The number of hydrogen-bond acceptors (Lipinski definition) is 3. The van der Waals surface area contributed by atoms with E-state index in [1.807, 2.05) is 6.92 Å². The number of benzene rings is 1. The van der Waals surface area contributed by atoms with Gasteiger partial charge in [-0.05, 0) is 43.0 Å². The zero-order chi connectivity index (χ0) is 12.8. The van der Waals surface area contributed by atoms with Crippen LogP contribution >= 0.6 is 0 Å². The van der Waals surface area contributed by atoms with Crippen molar-refractivity contribution in [1.82, 2.24) is 0 Å². The SMILES string of the molecule is CCCC(C)COC(=O)c1ccc(N)cc1C. The molecule has 94 valence electrons. The standard InChI is InChI=1S/C14H21NO2/c1-4-5-10(2)9-17-14(16)13-7-6-12(15)8-11(13)3/h6-8,10H,4-5,9,15H2,1-3H3. The lowest BCUT2D eigenvalue weighted by Gasteiger charge is -2.12. The Labute approximate surface area is 103 Å². The van der Waals surface area contributed by atoms with Crippen LogP contribution in [0, 0.1) is 12.8 Å². The summed E-state index contributed by atoms with van der Waals surface area (Å²) in [5.41, 5.74) is 7.76. The Balaban J connectivity index is 2.58. The highest BCUT2D eigenvalue weighted by Gasteiger charge is 2.12. The van der Waals surface area contributed by atoms with E-state index in [9.17, 15) is 4.79 Å². The number of hydrogen-bond donors (Lipinski definition) is 1. The summed E-state index contributed by atoms with van der Waals surface area (Å²) in [6, 6.07) is 5.22. The zero-order valence-electron chi connectivity index (χ0n) is 10.8. The van der Waals surface area contributed by atoms with Crippen LogP contribution in [-0.4, -0.2) is 12.6 Å². The smallest absolute Gasteiger partial charge is 0.338 e. The third-order valence-corrected chi connectivity index (χ3v) is 2.75. The largest absolute Gasteiger partial charge is 0.462 e. The lowest BCUT2D eigenvalue weighted by molar-refractivity contribution is 0.0443. The van der Waals surface area contributed by atoms with Crippen molar-refractivity contribution in [2.45, 2.75) is 33.6 Å². The van der Waals surface area contributed by atoms with Gasteiger partial charge in [0, 0.05) is 5.69 Å². The van der Waals surface area contributed by atoms with Crippen LogP contribution in [0.25, 0.3) is 0 Å². The minimum atomic E-state index is -0.259. The summed E-state index contributed by atoms with van der Waals surface area (Å²) in [6.07, 6.45) is 2.19. The number of anilines is 1. The molecular weight excluding hydrogens is 214 g/mol. The van der Waals surface area contributed by atoms with Crippen LogP contribution in [0.1, 0.15) is 42.6 Å². The van der Waals surface area contributed by atoms with Gasteiger partial charge in [0.05, 0.1) is 12.2 Å². The molecule has 1 aromatic carbocycles. The highest BCUT2D eigenvalue weighted by molar-refractivity contribution is 5.91. The van der Waals surface area contributed by atoms with E-state index >= 15 is 0 Å². The molecule has 0 aliphatic carbocycles. The third-order valence-electron chi connectivity index (χ3n) is 2.75. The maximum absolute atomic E-state index is 11.8. The number of rotatable bonds is 5. The topological polar surface area (TPSA) is 52.3 Å². The predicted molar refractivity (Wildman–Crippen MR) is 69.9 cm³/mol. The normalized spacial score (nSPS) is 12.2. The molecule has 1 aromatic rings. The van der Waals surface area contributed by atoms with E-state index in [4.69, 9.17) is 10.5 Å². The first-order chi connectivity index (χ1) is 8.04. The number of carbonyl (C=O) groups excluding carboxylic acids is 1. The minimum absolute atomic E-state index is 0.259. The van der Waals surface area contributed by atoms with Gasteiger partial charge in [0.15, 0.2) is 0 Å². The fourth-order valence-corrected chi connectivity index (χ4v) is 1.79. The first kappa shape index (κ1) is 13.6. The number of carbonyl (C=O) groups is 1. The van der Waals surface area contributed by atoms with Crippen molar-refractivity contribution >= 4 is 11.7 Å². The molecule has 0 amide bonds. The van der Waals surface area contributed by atoms with E-state index in [1.165, 1.54) is 0 Å². The average Bonchev–Trinajstić information content (AvgIpc) is 2.26. The zero-order valence-corrected chi connectivity index (χ0v) is 10.8. The molecule has 0 fully saturated rings. The first-order valence-electron chi connectivity index (χ1n) is 6.07. The molecule has 0 aromatic heterocycles. The van der Waals surface area contributed by atoms with Crippen molar-refractivity contribution < 1.29 is 9.53 Å². The van der Waals surface area contributed by atoms with Gasteiger partial charge >= 0.3 is 5.97 Å². The van der Waals surface area contributed by atoms with Crippen molar-refractivity contribution in [2.24, 2.45) is 5.92 Å². The Hall–Kier alpha value is -1.51. The lowest BCUT2D eigenvalue weighted by Crippen LogP contribution is -2.13. The van der Waals surface area contributed by atoms with Gasteiger partial charge < -0.3 is 10.5 Å². The van der Waals surface area contributed by atoms with E-state index in [1.54, 1.807) is 18.2 Å². The molecule has 17 heavy (non-hydrogen) atoms. The van der Waals surface area contributed by atoms with E-state index in [2.05, 4.69) is 13.8 Å². The van der Waals surface area contributed by atoms with Crippen LogP contribution in [0.5, 0.6) is 0 Å². The Bertz CT molecular complexity index is 388. The van der Waals surface area contributed by atoms with Crippen molar-refractivity contribution in [1.29, 1.82) is 0 Å². The molecule has 0 radical (unpaired) electrons. The number of nitrogen functional groups attached to an aromatic ring is 1. The van der Waals surface area contributed by atoms with Crippen molar-refractivity contribution in [2.75, 3.05) is 12.3 Å². The second-order valence-corrected chi connectivity index (χ2v) is 4.57. The molecule has 2 N–H and O–H groups in total. The molecule has 0 bridgehead atoms. The highest BCUT2D eigenvalue weighted by atomic mass is 16.5. The fourth-order valence-electron chi connectivity index (χ4n) is 1.79. The van der Waals surface area contributed by atoms with Crippen LogP contribution in [0.15, 0.2) is 18.2 Å². The van der Waals surface area contributed by atoms with Crippen molar-refractivity contribution in [3.8, 4) is 0 Å². The summed E-state index contributed by atoms with van der Waals surface area (Å²) in [4.78, 5) is 11.8. The Kier molecular flexibility index (Phi) is 5.01. The molecule has 0 saturated carbocycles. The third kappa shape index (κ3) is 4.10. The number of ether oxygens (including phenoxy) is 1. The molecule has 0 saturated heterocycles. The second kappa shape index (κ2) is 6.28. The van der Waals surface area contributed by atoms with Gasteiger partial charge in [-0.1, -0.05) is 20.3 Å². The Morgan fingerprint density at radius 1 is 1.47 bits per heavy atom. The van der Waals surface area contributed by atoms with Gasteiger partial charge in [-0.25, -0.2) is 4.79 Å². The number of aryl methyl sites for hydroxylation is 1. The van der Waals surface area contributed by atoms with Crippen LogP contribution in [0.3, 0.4) is 0 Å². The van der Waals surface area contributed by atoms with E-state index < -0.39 is 0 Å². The summed E-state index contributed by atoms with van der Waals surface area (Å²) < 4.78 is 5.28. The molecule has 0 aliphatic heterocycles. The van der Waals surface area contributed by atoms with E-state index in [0.29, 0.717) is 23.8 Å². The minimum Gasteiger partial charge on any atom is -0.462 e. The van der Waals surface area contributed by atoms with Gasteiger partial charge in [-0.2, -0.15) is 0 Å². The number of nitrogens with two attached hydrogens (primary N) is 1. The van der Waals surface area contributed by atoms with Gasteiger partial charge in [-0.3, -0.25) is 0 Å². The van der Waals surface area contributed by atoms with Crippen molar-refractivity contribution in [3.05, 3.63) is 29.3 Å².